The first-order valence-corrected chi connectivity index (χ1v) is 6.34. The minimum absolute atomic E-state index is 0.129. The highest BCUT2D eigenvalue weighted by atomic mass is 16.4. The number of carboxylic acids is 1. The molecule has 104 valence electrons. The molecule has 1 fully saturated rings. The van der Waals surface area contributed by atoms with Crippen LogP contribution in [0.5, 0.6) is 0 Å². The predicted octanol–water partition coefficient (Wildman–Crippen LogP) is 0.509. The number of carbonyl (C=O) groups excluding carboxylic acids is 1. The van der Waals surface area contributed by atoms with Crippen LogP contribution >= 0.6 is 0 Å². The quantitative estimate of drug-likeness (QED) is 0.670. The van der Waals surface area contributed by atoms with Crippen LogP contribution in [0.15, 0.2) is 0 Å². The number of nitrogens with zero attached hydrogens (tertiary/aromatic N) is 1. The number of rotatable bonds is 5. The van der Waals surface area contributed by atoms with Crippen molar-refractivity contribution in [1.82, 2.24) is 10.2 Å². The van der Waals surface area contributed by atoms with E-state index in [0.717, 1.165) is 6.42 Å². The molecule has 0 aromatic heterocycles. The zero-order valence-electron chi connectivity index (χ0n) is 10.9. The minimum atomic E-state index is -1.01. The van der Waals surface area contributed by atoms with Crippen molar-refractivity contribution >= 4 is 12.0 Å². The van der Waals surface area contributed by atoms with Crippen LogP contribution in [0.1, 0.15) is 26.7 Å². The number of aliphatic hydroxyl groups excluding tert-OH is 1. The van der Waals surface area contributed by atoms with E-state index < -0.39 is 12.0 Å². The van der Waals surface area contributed by atoms with E-state index in [4.69, 9.17) is 10.2 Å². The summed E-state index contributed by atoms with van der Waals surface area (Å²) in [7, 11) is 0. The van der Waals surface area contributed by atoms with E-state index in [1.54, 1.807) is 18.7 Å². The van der Waals surface area contributed by atoms with Crippen LogP contribution in [-0.4, -0.2) is 52.9 Å². The van der Waals surface area contributed by atoms with Crippen LogP contribution < -0.4 is 5.32 Å². The van der Waals surface area contributed by atoms with E-state index in [2.05, 4.69) is 5.32 Å². The summed E-state index contributed by atoms with van der Waals surface area (Å²) >= 11 is 0. The molecule has 3 N–H and O–H groups in total. The molecule has 0 aromatic carbocycles. The van der Waals surface area contributed by atoms with Crippen molar-refractivity contribution < 1.29 is 19.8 Å². The van der Waals surface area contributed by atoms with Crippen LogP contribution in [-0.2, 0) is 4.79 Å². The summed E-state index contributed by atoms with van der Waals surface area (Å²) in [5.41, 5.74) is 0. The number of aliphatic carboxylic acids is 1. The van der Waals surface area contributed by atoms with Crippen molar-refractivity contribution in [3.63, 3.8) is 0 Å². The van der Waals surface area contributed by atoms with Crippen LogP contribution in [0, 0.1) is 11.8 Å². The van der Waals surface area contributed by atoms with Crippen LogP contribution in [0.4, 0.5) is 4.79 Å². The maximum Gasteiger partial charge on any atom is 0.326 e. The molecule has 2 amide bonds. The Morgan fingerprint density at radius 1 is 1.44 bits per heavy atom. The average Bonchev–Trinajstić information content (AvgIpc) is 2.73. The van der Waals surface area contributed by atoms with Crippen molar-refractivity contribution in [3.05, 3.63) is 0 Å². The van der Waals surface area contributed by atoms with Gasteiger partial charge in [-0.25, -0.2) is 9.59 Å². The molecule has 18 heavy (non-hydrogen) atoms. The first-order chi connectivity index (χ1) is 8.45. The third-order valence-electron chi connectivity index (χ3n) is 3.32. The van der Waals surface area contributed by atoms with E-state index in [1.165, 1.54) is 0 Å². The van der Waals surface area contributed by atoms with Gasteiger partial charge >= 0.3 is 12.0 Å². The SMILES string of the molecule is CC(C)[C@@H](NC(=O)N1CCC(CCO)C1)C(=O)O. The van der Waals surface area contributed by atoms with Crippen LogP contribution in [0.2, 0.25) is 0 Å². The number of aliphatic hydroxyl groups is 1. The summed E-state index contributed by atoms with van der Waals surface area (Å²) in [6.45, 7) is 4.87. The second-order valence-electron chi connectivity index (χ2n) is 5.12. The number of hydrogen-bond donors (Lipinski definition) is 3. The molecule has 1 heterocycles. The molecule has 0 saturated carbocycles. The van der Waals surface area contributed by atoms with Crippen molar-refractivity contribution in [2.45, 2.75) is 32.7 Å². The Balaban J connectivity index is 2.48. The molecule has 1 aliphatic heterocycles. The number of likely N-dealkylation sites (tertiary alicyclic amines) is 1. The highest BCUT2D eigenvalue weighted by molar-refractivity contribution is 5.82. The average molecular weight is 258 g/mol. The lowest BCUT2D eigenvalue weighted by molar-refractivity contribution is -0.140. The summed E-state index contributed by atoms with van der Waals surface area (Å²) in [5.74, 6) is -0.838. The van der Waals surface area contributed by atoms with Crippen molar-refractivity contribution in [2.24, 2.45) is 11.8 Å². The normalized spacial score (nSPS) is 21.1. The lowest BCUT2D eigenvalue weighted by Crippen LogP contribution is -2.49. The lowest BCUT2D eigenvalue weighted by atomic mass is 10.1. The van der Waals surface area contributed by atoms with Gasteiger partial charge in [0.1, 0.15) is 6.04 Å². The summed E-state index contributed by atoms with van der Waals surface area (Å²) in [6, 6.07) is -1.18. The maximum atomic E-state index is 11.9. The third-order valence-corrected chi connectivity index (χ3v) is 3.32. The summed E-state index contributed by atoms with van der Waals surface area (Å²) in [4.78, 5) is 24.5. The molecule has 1 aliphatic rings. The van der Waals surface area contributed by atoms with Gasteiger partial charge in [0.15, 0.2) is 0 Å². The largest absolute Gasteiger partial charge is 0.480 e. The summed E-state index contributed by atoms with van der Waals surface area (Å²) in [5, 5.41) is 20.4. The number of hydrogen-bond acceptors (Lipinski definition) is 3. The van der Waals surface area contributed by atoms with Gasteiger partial charge in [-0.1, -0.05) is 13.8 Å². The maximum absolute atomic E-state index is 11.9. The number of urea groups is 1. The van der Waals surface area contributed by atoms with E-state index in [-0.39, 0.29) is 18.6 Å². The molecule has 0 bridgehead atoms. The summed E-state index contributed by atoms with van der Waals surface area (Å²) < 4.78 is 0. The Morgan fingerprint density at radius 2 is 2.11 bits per heavy atom. The zero-order valence-corrected chi connectivity index (χ0v) is 10.9. The highest BCUT2D eigenvalue weighted by Gasteiger charge is 2.30. The van der Waals surface area contributed by atoms with Gasteiger partial charge in [0.2, 0.25) is 0 Å². The lowest BCUT2D eigenvalue weighted by Gasteiger charge is -2.23. The Bertz CT molecular complexity index is 306. The Hall–Kier alpha value is -1.30. The molecule has 1 rings (SSSR count). The second kappa shape index (κ2) is 6.58. The van der Waals surface area contributed by atoms with Crippen molar-refractivity contribution in [2.75, 3.05) is 19.7 Å². The molecule has 1 saturated heterocycles. The fourth-order valence-electron chi connectivity index (χ4n) is 2.17. The van der Waals surface area contributed by atoms with Gasteiger partial charge in [0.25, 0.3) is 0 Å². The van der Waals surface area contributed by atoms with Gasteiger partial charge in [0.05, 0.1) is 0 Å². The second-order valence-corrected chi connectivity index (χ2v) is 5.12. The molecule has 2 atom stereocenters. The zero-order chi connectivity index (χ0) is 13.7. The van der Waals surface area contributed by atoms with Gasteiger partial charge in [0, 0.05) is 19.7 Å². The van der Waals surface area contributed by atoms with Crippen molar-refractivity contribution in [1.29, 1.82) is 0 Å². The fraction of sp³-hybridized carbons (Fsp3) is 0.833. The standard InChI is InChI=1S/C12H22N2O4/c1-8(2)10(11(16)17)13-12(18)14-5-3-9(7-14)4-6-15/h8-10,15H,3-7H2,1-2H3,(H,13,18)(H,16,17)/t9?,10-/m1/s1. The Morgan fingerprint density at radius 3 is 2.61 bits per heavy atom. The highest BCUT2D eigenvalue weighted by Crippen LogP contribution is 2.19. The van der Waals surface area contributed by atoms with E-state index in [1.807, 2.05) is 0 Å². The predicted molar refractivity (Wildman–Crippen MR) is 66.2 cm³/mol. The van der Waals surface area contributed by atoms with Gasteiger partial charge in [-0.15, -0.1) is 0 Å². The molecular formula is C12H22N2O4. The first-order valence-electron chi connectivity index (χ1n) is 6.34. The summed E-state index contributed by atoms with van der Waals surface area (Å²) in [6.07, 6.45) is 1.56. The fourth-order valence-corrected chi connectivity index (χ4v) is 2.17. The monoisotopic (exact) mass is 258 g/mol. The molecule has 0 spiro atoms. The van der Waals surface area contributed by atoms with Crippen molar-refractivity contribution in [3.8, 4) is 0 Å². The van der Waals surface area contributed by atoms with E-state index in [9.17, 15) is 9.59 Å². The number of nitrogens with one attached hydrogen (secondary N) is 1. The smallest absolute Gasteiger partial charge is 0.326 e. The first kappa shape index (κ1) is 14.8. The Labute approximate surface area is 107 Å². The molecule has 6 heteroatoms. The van der Waals surface area contributed by atoms with Gasteiger partial charge in [-0.05, 0) is 24.7 Å². The number of carbonyl (C=O) groups is 2. The third kappa shape index (κ3) is 3.87. The Kier molecular flexibility index (Phi) is 5.40. The molecular weight excluding hydrogens is 236 g/mol. The van der Waals surface area contributed by atoms with E-state index >= 15 is 0 Å². The van der Waals surface area contributed by atoms with Gasteiger partial charge in [-0.2, -0.15) is 0 Å². The molecule has 6 nitrogen and oxygen atoms in total. The van der Waals surface area contributed by atoms with Crippen LogP contribution in [0.3, 0.4) is 0 Å². The minimum Gasteiger partial charge on any atom is -0.480 e. The molecule has 0 aromatic rings. The topological polar surface area (TPSA) is 89.9 Å². The molecule has 0 aliphatic carbocycles. The number of amides is 2. The molecule has 1 unspecified atom stereocenters. The van der Waals surface area contributed by atoms with Gasteiger partial charge in [-0.3, -0.25) is 0 Å². The van der Waals surface area contributed by atoms with Gasteiger partial charge < -0.3 is 20.4 Å². The van der Waals surface area contributed by atoms with E-state index in [0.29, 0.717) is 25.4 Å². The van der Waals surface area contributed by atoms with Crippen LogP contribution in [0.25, 0.3) is 0 Å². The number of carboxylic acid groups (broad SMARTS) is 1. The molecule has 0 radical (unpaired) electrons.